The number of hydrogen-bond acceptors (Lipinski definition) is 6. The monoisotopic (exact) mass is 400 g/mol. The van der Waals surface area contributed by atoms with Crippen LogP contribution in [0.15, 0.2) is 30.6 Å². The van der Waals surface area contributed by atoms with Crippen LogP contribution in [-0.2, 0) is 17.7 Å². The summed E-state index contributed by atoms with van der Waals surface area (Å²) < 4.78 is 7.83. The predicted octanol–water partition coefficient (Wildman–Crippen LogP) is 2.63. The first kappa shape index (κ1) is 19.1. The highest BCUT2D eigenvalue weighted by Gasteiger charge is 2.25. The number of anilines is 1. The van der Waals surface area contributed by atoms with Crippen molar-refractivity contribution >= 4 is 29.1 Å². The van der Waals surface area contributed by atoms with E-state index >= 15 is 0 Å². The standard InChI is InChI=1S/C20H24N6O.ClH/c21-15-5-4-13-6-7-22-18(17(13)9-15)19-23-10-14-11-24-26(20(14)25-19)12-16-3-1-2-8-27-16;/h4-5,9-11,16,18,22H,1-3,6-8,12,21H2;1H. The van der Waals surface area contributed by atoms with Crippen LogP contribution >= 0.6 is 12.4 Å². The Hall–Kier alpha value is -2.22. The van der Waals surface area contributed by atoms with Crippen LogP contribution in [0.25, 0.3) is 11.0 Å². The van der Waals surface area contributed by atoms with Crippen LogP contribution in [0.5, 0.6) is 0 Å². The molecule has 7 nitrogen and oxygen atoms in total. The zero-order valence-electron chi connectivity index (χ0n) is 15.7. The number of aromatic nitrogens is 4. The highest BCUT2D eigenvalue weighted by Crippen LogP contribution is 2.29. The molecule has 148 valence electrons. The Morgan fingerprint density at radius 3 is 3.04 bits per heavy atom. The SMILES string of the molecule is Cl.Nc1ccc2c(c1)C(c1ncc3cnn(CC4CCCCO4)c3n1)NCC2. The van der Waals surface area contributed by atoms with Gasteiger partial charge in [-0.3, -0.25) is 0 Å². The van der Waals surface area contributed by atoms with Gasteiger partial charge in [-0.2, -0.15) is 5.10 Å². The molecular weight excluding hydrogens is 376 g/mol. The van der Waals surface area contributed by atoms with Gasteiger partial charge in [0.1, 0.15) is 0 Å². The Morgan fingerprint density at radius 2 is 2.18 bits per heavy atom. The number of fused-ring (bicyclic) bond motifs is 2. The summed E-state index contributed by atoms with van der Waals surface area (Å²) in [6, 6.07) is 6.06. The maximum atomic E-state index is 6.03. The number of ether oxygens (including phenoxy) is 1. The highest BCUT2D eigenvalue weighted by atomic mass is 35.5. The Labute approximate surface area is 170 Å². The normalized spacial score (nSPS) is 21.9. The summed E-state index contributed by atoms with van der Waals surface area (Å²) in [6.45, 7) is 2.48. The van der Waals surface area contributed by atoms with Crippen LogP contribution in [0.1, 0.15) is 42.3 Å². The number of rotatable bonds is 3. The van der Waals surface area contributed by atoms with Gasteiger partial charge in [0.25, 0.3) is 0 Å². The van der Waals surface area contributed by atoms with E-state index in [1.165, 1.54) is 17.5 Å². The van der Waals surface area contributed by atoms with Crippen LogP contribution < -0.4 is 11.1 Å². The number of benzene rings is 1. The summed E-state index contributed by atoms with van der Waals surface area (Å²) >= 11 is 0. The van der Waals surface area contributed by atoms with Crippen LogP contribution in [0, 0.1) is 0 Å². The molecule has 0 spiro atoms. The predicted molar refractivity (Wildman–Crippen MR) is 111 cm³/mol. The van der Waals surface area contributed by atoms with Gasteiger partial charge >= 0.3 is 0 Å². The third-order valence-electron chi connectivity index (χ3n) is 5.53. The third kappa shape index (κ3) is 3.57. The van der Waals surface area contributed by atoms with Crippen molar-refractivity contribution in [1.29, 1.82) is 0 Å². The maximum Gasteiger partial charge on any atom is 0.161 e. The molecule has 0 aliphatic carbocycles. The number of nitrogens with zero attached hydrogens (tertiary/aromatic N) is 4. The smallest absolute Gasteiger partial charge is 0.161 e. The Bertz CT molecular complexity index is 968. The van der Waals surface area contributed by atoms with E-state index in [9.17, 15) is 0 Å². The van der Waals surface area contributed by atoms with Crippen molar-refractivity contribution in [2.45, 2.75) is 44.4 Å². The molecule has 0 radical (unpaired) electrons. The number of nitrogens with two attached hydrogens (primary N) is 1. The Kier molecular flexibility index (Phi) is 5.48. The van der Waals surface area contributed by atoms with Gasteiger partial charge in [-0.15, -0.1) is 12.4 Å². The average molecular weight is 401 g/mol. The zero-order chi connectivity index (χ0) is 18.2. The first-order valence-corrected chi connectivity index (χ1v) is 9.70. The second-order valence-corrected chi connectivity index (χ2v) is 7.42. The van der Waals surface area contributed by atoms with Crippen LogP contribution in [0.3, 0.4) is 0 Å². The summed E-state index contributed by atoms with van der Waals surface area (Å²) in [5, 5.41) is 9.03. The van der Waals surface area contributed by atoms with Gasteiger partial charge in [-0.25, -0.2) is 14.6 Å². The van der Waals surface area contributed by atoms with Crippen molar-refractivity contribution in [1.82, 2.24) is 25.1 Å². The maximum absolute atomic E-state index is 6.03. The summed E-state index contributed by atoms with van der Waals surface area (Å²) in [6.07, 6.45) is 8.36. The fourth-order valence-electron chi connectivity index (χ4n) is 4.10. The van der Waals surface area contributed by atoms with E-state index in [0.717, 1.165) is 61.5 Å². The van der Waals surface area contributed by atoms with E-state index in [4.69, 9.17) is 15.5 Å². The van der Waals surface area contributed by atoms with Crippen molar-refractivity contribution in [3.05, 3.63) is 47.5 Å². The molecular formula is C20H25ClN6O. The summed E-state index contributed by atoms with van der Waals surface area (Å²) in [5.74, 6) is 0.764. The first-order valence-electron chi connectivity index (χ1n) is 9.70. The molecule has 8 heteroatoms. The molecule has 28 heavy (non-hydrogen) atoms. The highest BCUT2D eigenvalue weighted by molar-refractivity contribution is 5.85. The molecule has 2 aromatic heterocycles. The lowest BCUT2D eigenvalue weighted by Crippen LogP contribution is -2.32. The summed E-state index contributed by atoms with van der Waals surface area (Å²) in [4.78, 5) is 9.50. The van der Waals surface area contributed by atoms with E-state index in [1.807, 2.05) is 29.2 Å². The summed E-state index contributed by atoms with van der Waals surface area (Å²) in [5.41, 5.74) is 10.1. The lowest BCUT2D eigenvalue weighted by atomic mass is 9.93. The fraction of sp³-hybridized carbons (Fsp3) is 0.450. The lowest BCUT2D eigenvalue weighted by Gasteiger charge is -2.26. The lowest BCUT2D eigenvalue weighted by molar-refractivity contribution is 0.00463. The second kappa shape index (κ2) is 8.03. The molecule has 3 aromatic rings. The minimum Gasteiger partial charge on any atom is -0.399 e. The largest absolute Gasteiger partial charge is 0.399 e. The molecule has 2 atom stereocenters. The van der Waals surface area contributed by atoms with E-state index in [1.54, 1.807) is 0 Å². The van der Waals surface area contributed by atoms with Crippen molar-refractivity contribution in [3.63, 3.8) is 0 Å². The van der Waals surface area contributed by atoms with E-state index in [0.29, 0.717) is 0 Å². The molecule has 0 bridgehead atoms. The molecule has 2 aliphatic heterocycles. The first-order chi connectivity index (χ1) is 13.3. The molecule has 2 unspecified atom stereocenters. The quantitative estimate of drug-likeness (QED) is 0.657. The van der Waals surface area contributed by atoms with Gasteiger partial charge < -0.3 is 15.8 Å². The third-order valence-corrected chi connectivity index (χ3v) is 5.53. The number of nitrogen functional groups attached to an aromatic ring is 1. The van der Waals surface area contributed by atoms with Gasteiger partial charge in [-0.05, 0) is 48.9 Å². The second-order valence-electron chi connectivity index (χ2n) is 7.42. The van der Waals surface area contributed by atoms with Gasteiger partial charge in [-0.1, -0.05) is 6.07 Å². The number of halogens is 1. The van der Waals surface area contributed by atoms with Crippen molar-refractivity contribution < 1.29 is 4.74 Å². The topological polar surface area (TPSA) is 90.9 Å². The average Bonchev–Trinajstić information content (AvgIpc) is 3.10. The molecule has 1 aromatic carbocycles. The van der Waals surface area contributed by atoms with Crippen LogP contribution in [0.4, 0.5) is 5.69 Å². The van der Waals surface area contributed by atoms with Crippen molar-refractivity contribution in [2.24, 2.45) is 0 Å². The Balaban J connectivity index is 0.00000192. The van der Waals surface area contributed by atoms with Crippen molar-refractivity contribution in [3.8, 4) is 0 Å². The molecule has 1 fully saturated rings. The zero-order valence-corrected chi connectivity index (χ0v) is 16.5. The molecule has 1 saturated heterocycles. The van der Waals surface area contributed by atoms with Gasteiger partial charge in [0.15, 0.2) is 11.5 Å². The molecule has 0 amide bonds. The van der Waals surface area contributed by atoms with Crippen LogP contribution in [-0.4, -0.2) is 39.0 Å². The number of nitrogens with one attached hydrogen (secondary N) is 1. The fourth-order valence-corrected chi connectivity index (χ4v) is 4.10. The van der Waals surface area contributed by atoms with Crippen molar-refractivity contribution in [2.75, 3.05) is 18.9 Å². The Morgan fingerprint density at radius 1 is 1.25 bits per heavy atom. The van der Waals surface area contributed by atoms with E-state index < -0.39 is 0 Å². The summed E-state index contributed by atoms with van der Waals surface area (Å²) in [7, 11) is 0. The minimum atomic E-state index is -0.0454. The van der Waals surface area contributed by atoms with E-state index in [2.05, 4.69) is 21.5 Å². The molecule has 5 rings (SSSR count). The molecule has 4 heterocycles. The molecule has 2 aliphatic rings. The van der Waals surface area contributed by atoms with Gasteiger partial charge in [0.2, 0.25) is 0 Å². The minimum absolute atomic E-state index is 0. The van der Waals surface area contributed by atoms with Crippen LogP contribution in [0.2, 0.25) is 0 Å². The van der Waals surface area contributed by atoms with Gasteiger partial charge in [0.05, 0.1) is 30.3 Å². The van der Waals surface area contributed by atoms with Gasteiger partial charge in [0, 0.05) is 25.0 Å². The molecule has 3 N–H and O–H groups in total. The number of hydrogen-bond donors (Lipinski definition) is 2. The van der Waals surface area contributed by atoms with E-state index in [-0.39, 0.29) is 24.6 Å². The molecule has 0 saturated carbocycles.